The van der Waals surface area contributed by atoms with E-state index in [1.54, 1.807) is 7.11 Å². The first-order chi connectivity index (χ1) is 12.7. The van der Waals surface area contributed by atoms with E-state index in [0.717, 1.165) is 19.6 Å². The van der Waals surface area contributed by atoms with Crippen LogP contribution in [0.4, 0.5) is 10.5 Å². The van der Waals surface area contributed by atoms with Crippen LogP contribution < -0.4 is 15.4 Å². The van der Waals surface area contributed by atoms with Crippen LogP contribution in [0, 0.1) is 5.92 Å². The summed E-state index contributed by atoms with van der Waals surface area (Å²) in [6.45, 7) is 2.58. The Morgan fingerprint density at radius 1 is 1.12 bits per heavy atom. The minimum Gasteiger partial charge on any atom is -0.495 e. The van der Waals surface area contributed by atoms with Gasteiger partial charge < -0.3 is 20.3 Å². The Kier molecular flexibility index (Phi) is 4.80. The molecule has 2 aromatic rings. The fraction of sp³-hybridized carbons (Fsp3) is 0.381. The summed E-state index contributed by atoms with van der Waals surface area (Å²) in [5.41, 5.74) is 2.14. The van der Waals surface area contributed by atoms with Crippen molar-refractivity contribution in [3.05, 3.63) is 60.2 Å². The molecule has 5 nitrogen and oxygen atoms in total. The lowest BCUT2D eigenvalue weighted by molar-refractivity contribution is 0.129. The molecule has 1 saturated heterocycles. The van der Waals surface area contributed by atoms with Crippen molar-refractivity contribution in [2.75, 3.05) is 32.1 Å². The zero-order valence-corrected chi connectivity index (χ0v) is 15.0. The van der Waals surface area contributed by atoms with Gasteiger partial charge in [-0.25, -0.2) is 4.79 Å². The molecular weight excluding hydrogens is 326 g/mol. The molecule has 1 saturated carbocycles. The highest BCUT2D eigenvalue weighted by Crippen LogP contribution is 2.40. The third-order valence-electron chi connectivity index (χ3n) is 5.28. The Balaban J connectivity index is 1.18. The van der Waals surface area contributed by atoms with Crippen molar-refractivity contribution in [3.63, 3.8) is 0 Å². The number of nitrogens with zero attached hydrogens (tertiary/aromatic N) is 1. The molecule has 5 heteroatoms. The molecule has 1 heterocycles. The third-order valence-corrected chi connectivity index (χ3v) is 5.28. The minimum absolute atomic E-state index is 0.0562. The Morgan fingerprint density at radius 2 is 1.85 bits per heavy atom. The maximum absolute atomic E-state index is 12.3. The van der Waals surface area contributed by atoms with E-state index in [1.165, 1.54) is 12.0 Å². The molecule has 4 rings (SSSR count). The molecule has 1 aliphatic carbocycles. The number of hydrogen-bond donors (Lipinski definition) is 2. The summed E-state index contributed by atoms with van der Waals surface area (Å²) >= 11 is 0. The van der Waals surface area contributed by atoms with E-state index < -0.39 is 0 Å². The Hall–Kier alpha value is -2.53. The number of likely N-dealkylation sites (tertiary alicyclic amines) is 1. The molecule has 0 radical (unpaired) electrons. The second-order valence-electron chi connectivity index (χ2n) is 7.17. The van der Waals surface area contributed by atoms with Crippen LogP contribution in [0.2, 0.25) is 0 Å². The van der Waals surface area contributed by atoms with Gasteiger partial charge in [-0.1, -0.05) is 42.5 Å². The largest absolute Gasteiger partial charge is 0.495 e. The number of rotatable bonds is 6. The predicted molar refractivity (Wildman–Crippen MR) is 103 cm³/mol. The van der Waals surface area contributed by atoms with Gasteiger partial charge in [0.1, 0.15) is 5.75 Å². The summed E-state index contributed by atoms with van der Waals surface area (Å²) in [5.74, 6) is 1.87. The molecule has 2 amide bonds. The first-order valence-electron chi connectivity index (χ1n) is 9.22. The van der Waals surface area contributed by atoms with Crippen LogP contribution in [-0.4, -0.2) is 43.7 Å². The second kappa shape index (κ2) is 7.38. The van der Waals surface area contributed by atoms with Gasteiger partial charge >= 0.3 is 6.03 Å². The summed E-state index contributed by atoms with van der Waals surface area (Å²) in [6.07, 6.45) is 1.22. The standard InChI is InChI=1S/C21H25N3O2/c1-26-20-10-6-5-9-18(20)23-21(25)24-13-15(14-24)12-22-19-11-17(19)16-7-3-2-4-8-16/h2-10,15,17,19,22H,11-14H2,1H3,(H,23,25). The number of carbonyl (C=O) groups is 1. The van der Waals surface area contributed by atoms with Crippen molar-refractivity contribution in [2.24, 2.45) is 5.92 Å². The Labute approximate surface area is 154 Å². The summed E-state index contributed by atoms with van der Waals surface area (Å²) in [5, 5.41) is 6.59. The number of para-hydroxylation sites is 2. The maximum Gasteiger partial charge on any atom is 0.321 e. The molecule has 0 bridgehead atoms. The van der Waals surface area contributed by atoms with Crippen molar-refractivity contribution < 1.29 is 9.53 Å². The third kappa shape index (κ3) is 3.68. The van der Waals surface area contributed by atoms with Crippen molar-refractivity contribution in [1.82, 2.24) is 10.2 Å². The van der Waals surface area contributed by atoms with Gasteiger partial charge in [0.2, 0.25) is 0 Å². The van der Waals surface area contributed by atoms with Gasteiger partial charge in [0, 0.05) is 37.5 Å². The molecule has 2 aliphatic rings. The van der Waals surface area contributed by atoms with E-state index in [2.05, 4.69) is 41.0 Å². The van der Waals surface area contributed by atoms with Gasteiger partial charge in [-0.05, 0) is 24.1 Å². The zero-order chi connectivity index (χ0) is 17.9. The lowest BCUT2D eigenvalue weighted by atomic mass is 10.0. The molecular formula is C21H25N3O2. The van der Waals surface area contributed by atoms with Crippen molar-refractivity contribution in [2.45, 2.75) is 18.4 Å². The number of anilines is 1. The summed E-state index contributed by atoms with van der Waals surface area (Å²) < 4.78 is 5.27. The van der Waals surface area contributed by atoms with Crippen molar-refractivity contribution >= 4 is 11.7 Å². The monoisotopic (exact) mass is 351 g/mol. The molecule has 2 fully saturated rings. The number of ether oxygens (including phenoxy) is 1. The summed E-state index contributed by atoms with van der Waals surface area (Å²) in [6, 6.07) is 18.7. The molecule has 0 aromatic heterocycles. The van der Waals surface area contributed by atoms with Gasteiger partial charge in [0.05, 0.1) is 12.8 Å². The summed E-state index contributed by atoms with van der Waals surface area (Å²) in [4.78, 5) is 14.2. The molecule has 26 heavy (non-hydrogen) atoms. The number of carbonyl (C=O) groups excluding carboxylic acids is 1. The van der Waals surface area contributed by atoms with Crippen LogP contribution in [0.5, 0.6) is 5.75 Å². The lowest BCUT2D eigenvalue weighted by Crippen LogP contribution is -2.54. The zero-order valence-electron chi connectivity index (χ0n) is 15.0. The second-order valence-corrected chi connectivity index (χ2v) is 7.17. The highest BCUT2D eigenvalue weighted by atomic mass is 16.5. The van der Waals surface area contributed by atoms with Crippen LogP contribution in [0.1, 0.15) is 17.9 Å². The van der Waals surface area contributed by atoms with Gasteiger partial charge in [0.25, 0.3) is 0 Å². The highest BCUT2D eigenvalue weighted by molar-refractivity contribution is 5.91. The summed E-state index contributed by atoms with van der Waals surface area (Å²) in [7, 11) is 1.61. The average Bonchev–Trinajstić information content (AvgIpc) is 3.41. The number of amides is 2. The van der Waals surface area contributed by atoms with E-state index in [4.69, 9.17) is 4.74 Å². The van der Waals surface area contributed by atoms with Crippen LogP contribution in [0.25, 0.3) is 0 Å². The number of nitrogens with one attached hydrogen (secondary N) is 2. The highest BCUT2D eigenvalue weighted by Gasteiger charge is 2.39. The Bertz CT molecular complexity index is 759. The lowest BCUT2D eigenvalue weighted by Gasteiger charge is -2.39. The van der Waals surface area contributed by atoms with Crippen LogP contribution in [0.3, 0.4) is 0 Å². The van der Waals surface area contributed by atoms with E-state index in [-0.39, 0.29) is 6.03 Å². The first-order valence-corrected chi connectivity index (χ1v) is 9.22. The van der Waals surface area contributed by atoms with Gasteiger partial charge in [-0.15, -0.1) is 0 Å². The quantitative estimate of drug-likeness (QED) is 0.840. The maximum atomic E-state index is 12.3. The molecule has 136 valence electrons. The molecule has 2 N–H and O–H groups in total. The van der Waals surface area contributed by atoms with Crippen LogP contribution in [-0.2, 0) is 0 Å². The van der Waals surface area contributed by atoms with E-state index in [0.29, 0.717) is 29.3 Å². The van der Waals surface area contributed by atoms with Gasteiger partial charge in [0.15, 0.2) is 0 Å². The van der Waals surface area contributed by atoms with Crippen LogP contribution in [0.15, 0.2) is 54.6 Å². The topological polar surface area (TPSA) is 53.6 Å². The van der Waals surface area contributed by atoms with Crippen molar-refractivity contribution in [1.29, 1.82) is 0 Å². The van der Waals surface area contributed by atoms with E-state index in [9.17, 15) is 4.79 Å². The van der Waals surface area contributed by atoms with E-state index >= 15 is 0 Å². The smallest absolute Gasteiger partial charge is 0.321 e. The van der Waals surface area contributed by atoms with Gasteiger partial charge in [-0.2, -0.15) is 0 Å². The Morgan fingerprint density at radius 3 is 2.62 bits per heavy atom. The number of urea groups is 1. The van der Waals surface area contributed by atoms with Crippen LogP contribution >= 0.6 is 0 Å². The molecule has 2 unspecified atom stereocenters. The molecule has 2 atom stereocenters. The first kappa shape index (κ1) is 16.9. The fourth-order valence-corrected chi connectivity index (χ4v) is 3.61. The number of hydrogen-bond acceptors (Lipinski definition) is 3. The normalized spacial score (nSPS) is 21.8. The average molecular weight is 351 g/mol. The fourth-order valence-electron chi connectivity index (χ4n) is 3.61. The van der Waals surface area contributed by atoms with Crippen molar-refractivity contribution in [3.8, 4) is 5.75 Å². The SMILES string of the molecule is COc1ccccc1NC(=O)N1CC(CNC2CC2c2ccccc2)C1. The predicted octanol–water partition coefficient (Wildman–Crippen LogP) is 3.30. The number of benzene rings is 2. The minimum atomic E-state index is -0.0562. The molecule has 1 aliphatic heterocycles. The van der Waals surface area contributed by atoms with Gasteiger partial charge in [-0.3, -0.25) is 0 Å². The molecule has 2 aromatic carbocycles. The number of methoxy groups -OCH3 is 1. The van der Waals surface area contributed by atoms with E-state index in [1.807, 2.05) is 29.2 Å². The molecule has 0 spiro atoms.